The van der Waals surface area contributed by atoms with Crippen molar-refractivity contribution in [2.75, 3.05) is 40.4 Å². The molecule has 0 aromatic heterocycles. The third kappa shape index (κ3) is 12.7. The van der Waals surface area contributed by atoms with Crippen LogP contribution in [0, 0.1) is 0 Å². The van der Waals surface area contributed by atoms with Gasteiger partial charge in [0, 0.05) is 0 Å². The maximum atomic E-state index is 5.37. The van der Waals surface area contributed by atoms with Crippen molar-refractivity contribution >= 4 is 17.1 Å². The predicted molar refractivity (Wildman–Crippen MR) is 190 cm³/mol. The highest BCUT2D eigenvalue weighted by atomic mass is 16.5. The molecule has 240 valence electrons. The Balaban J connectivity index is 0.000000456. The topological polar surface area (TPSA) is 18.5 Å². The smallest absolute Gasteiger partial charge is 0.118 e. The molecule has 0 radical (unpaired) electrons. The molecule has 0 N–H and O–H groups in total. The highest BCUT2D eigenvalue weighted by Gasteiger charge is 2.27. The second kappa shape index (κ2) is 22.6. The molecule has 0 heterocycles. The number of ether oxygens (including phenoxy) is 2. The fraction of sp³-hybridized carbons (Fsp3) is 0.684. The minimum Gasteiger partial charge on any atom is -0.497 e. The SMILES string of the molecule is CCCC[B-](CCCC)(c1ccc(OC)cc1)c1ccc(OC)cc1.CCCC[N+](CCCC)(CCCC)CCCC. The van der Waals surface area contributed by atoms with Gasteiger partial charge in [0.15, 0.2) is 0 Å². The van der Waals surface area contributed by atoms with Crippen molar-refractivity contribution in [3.05, 3.63) is 48.5 Å². The van der Waals surface area contributed by atoms with Gasteiger partial charge in [-0.2, -0.15) is 12.6 Å². The van der Waals surface area contributed by atoms with Gasteiger partial charge in [0.25, 0.3) is 0 Å². The fourth-order valence-electron chi connectivity index (χ4n) is 6.70. The van der Waals surface area contributed by atoms with E-state index in [9.17, 15) is 0 Å². The van der Waals surface area contributed by atoms with Crippen LogP contribution in [-0.4, -0.2) is 51.0 Å². The highest BCUT2D eigenvalue weighted by molar-refractivity contribution is 7.02. The monoisotopic (exact) mass is 582 g/mol. The average molecular weight is 582 g/mol. The number of hydrogen-bond donors (Lipinski definition) is 0. The van der Waals surface area contributed by atoms with Gasteiger partial charge in [0.05, 0.1) is 46.5 Å². The van der Waals surface area contributed by atoms with Crippen molar-refractivity contribution in [1.29, 1.82) is 0 Å². The minimum absolute atomic E-state index is 0.764. The van der Waals surface area contributed by atoms with Gasteiger partial charge in [-0.15, -0.1) is 0 Å². The summed E-state index contributed by atoms with van der Waals surface area (Å²) in [5.74, 6) is 1.85. The van der Waals surface area contributed by atoms with Gasteiger partial charge in [-0.1, -0.05) is 117 Å². The Morgan fingerprint density at radius 2 is 0.738 bits per heavy atom. The standard InChI is InChI=1S/C22H32BO2.C16H36N/c1-5-7-17-23(18-8-6-2,19-9-13-21(24-3)14-10-19)20-11-15-22(25-4)16-12-20;1-5-9-13-17(14-10-6-2,15-11-7-3)16-12-8-4/h9-16H,5-8,17-18H2,1-4H3;5-16H2,1-4H3/q-1;+1. The minimum atomic E-state index is -0.764. The molecule has 2 aromatic rings. The average Bonchev–Trinajstić information content (AvgIpc) is 3.05. The predicted octanol–water partition coefficient (Wildman–Crippen LogP) is 9.87. The third-order valence-electron chi connectivity index (χ3n) is 9.55. The zero-order valence-corrected chi connectivity index (χ0v) is 29.2. The van der Waals surface area contributed by atoms with E-state index in [1.54, 1.807) is 14.2 Å². The zero-order valence-electron chi connectivity index (χ0n) is 29.2. The van der Waals surface area contributed by atoms with E-state index in [2.05, 4.69) is 90.1 Å². The van der Waals surface area contributed by atoms with Gasteiger partial charge in [0.2, 0.25) is 0 Å². The summed E-state index contributed by atoms with van der Waals surface area (Å²) in [6.07, 6.45) is 17.7. The molecule has 0 unspecified atom stereocenters. The van der Waals surface area contributed by atoms with E-state index in [1.807, 2.05) is 0 Å². The van der Waals surface area contributed by atoms with Gasteiger partial charge in [-0.25, -0.2) is 10.9 Å². The molecule has 0 aliphatic carbocycles. The van der Waals surface area contributed by atoms with Gasteiger partial charge in [-0.05, 0) is 49.9 Å². The van der Waals surface area contributed by atoms with Crippen LogP contribution in [0.2, 0.25) is 12.6 Å². The maximum absolute atomic E-state index is 5.37. The van der Waals surface area contributed by atoms with E-state index in [0.29, 0.717) is 0 Å². The number of nitrogens with zero attached hydrogens (tertiary/aromatic N) is 1. The number of methoxy groups -OCH3 is 2. The van der Waals surface area contributed by atoms with Crippen LogP contribution in [0.5, 0.6) is 11.5 Å². The lowest BCUT2D eigenvalue weighted by molar-refractivity contribution is -0.929. The normalized spacial score (nSPS) is 11.6. The van der Waals surface area contributed by atoms with Gasteiger partial charge in [0.1, 0.15) is 11.5 Å². The second-order valence-corrected chi connectivity index (χ2v) is 12.7. The first kappa shape index (κ1) is 38.1. The van der Waals surface area contributed by atoms with Crippen LogP contribution in [0.15, 0.2) is 48.5 Å². The van der Waals surface area contributed by atoms with Crippen LogP contribution in [0.4, 0.5) is 0 Å². The summed E-state index contributed by atoms with van der Waals surface area (Å²) >= 11 is 0. The highest BCUT2D eigenvalue weighted by Crippen LogP contribution is 2.25. The molecule has 0 aliphatic rings. The maximum Gasteiger partial charge on any atom is 0.118 e. The number of quaternary nitrogens is 1. The van der Waals surface area contributed by atoms with E-state index in [4.69, 9.17) is 9.47 Å². The molecule has 2 rings (SSSR count). The molecular weight excluding hydrogens is 513 g/mol. The summed E-state index contributed by atoms with van der Waals surface area (Å²) in [4.78, 5) is 0. The lowest BCUT2D eigenvalue weighted by Gasteiger charge is -2.42. The van der Waals surface area contributed by atoms with E-state index < -0.39 is 6.15 Å². The van der Waals surface area contributed by atoms with Crippen molar-refractivity contribution < 1.29 is 14.0 Å². The molecule has 0 spiro atoms. The van der Waals surface area contributed by atoms with Crippen LogP contribution in [-0.2, 0) is 0 Å². The van der Waals surface area contributed by atoms with E-state index in [1.165, 1.54) is 131 Å². The van der Waals surface area contributed by atoms with Crippen LogP contribution >= 0.6 is 0 Å². The molecule has 0 saturated heterocycles. The summed E-state index contributed by atoms with van der Waals surface area (Å²) in [6.45, 7) is 19.6. The largest absolute Gasteiger partial charge is 0.497 e. The number of hydrogen-bond acceptors (Lipinski definition) is 2. The molecule has 0 saturated carbocycles. The number of unbranched alkanes of at least 4 members (excludes halogenated alkanes) is 6. The second-order valence-electron chi connectivity index (χ2n) is 12.7. The van der Waals surface area contributed by atoms with Crippen molar-refractivity contribution in [3.8, 4) is 11.5 Å². The molecule has 0 atom stereocenters. The Bertz CT molecular complexity index is 801. The Kier molecular flexibility index (Phi) is 20.5. The molecule has 0 bridgehead atoms. The molecule has 42 heavy (non-hydrogen) atoms. The molecular formula is C38H68BNO2. The van der Waals surface area contributed by atoms with Gasteiger partial charge in [-0.3, -0.25) is 0 Å². The zero-order chi connectivity index (χ0) is 31.1. The van der Waals surface area contributed by atoms with Crippen molar-refractivity contribution in [3.63, 3.8) is 0 Å². The number of benzene rings is 2. The quantitative estimate of drug-likeness (QED) is 0.102. The Labute approximate surface area is 262 Å². The summed E-state index contributed by atoms with van der Waals surface area (Å²) in [7, 11) is 3.45. The molecule has 2 aromatic carbocycles. The van der Waals surface area contributed by atoms with Crippen LogP contribution < -0.4 is 20.4 Å². The first-order chi connectivity index (χ1) is 20.4. The lowest BCUT2D eigenvalue weighted by atomic mass is 9.15. The first-order valence-corrected chi connectivity index (χ1v) is 17.8. The van der Waals surface area contributed by atoms with Crippen LogP contribution in [0.1, 0.15) is 119 Å². The van der Waals surface area contributed by atoms with Crippen LogP contribution in [0.3, 0.4) is 0 Å². The van der Waals surface area contributed by atoms with E-state index in [0.717, 1.165) is 11.5 Å². The van der Waals surface area contributed by atoms with Crippen molar-refractivity contribution in [1.82, 2.24) is 0 Å². The van der Waals surface area contributed by atoms with Crippen LogP contribution in [0.25, 0.3) is 0 Å². The molecule has 4 heteroatoms. The molecule has 0 aliphatic heterocycles. The lowest BCUT2D eigenvalue weighted by Crippen LogP contribution is -2.58. The Morgan fingerprint density at radius 3 is 0.976 bits per heavy atom. The first-order valence-electron chi connectivity index (χ1n) is 17.8. The summed E-state index contributed by atoms with van der Waals surface area (Å²) < 4.78 is 12.2. The summed E-state index contributed by atoms with van der Waals surface area (Å²) in [5, 5.41) is 0. The summed E-state index contributed by atoms with van der Waals surface area (Å²) in [6, 6.07) is 17.5. The van der Waals surface area contributed by atoms with Crippen molar-refractivity contribution in [2.24, 2.45) is 0 Å². The molecule has 3 nitrogen and oxygen atoms in total. The summed E-state index contributed by atoms with van der Waals surface area (Å²) in [5.41, 5.74) is 2.90. The molecule has 0 fully saturated rings. The van der Waals surface area contributed by atoms with E-state index >= 15 is 0 Å². The Hall–Kier alpha value is -1.94. The number of rotatable bonds is 22. The van der Waals surface area contributed by atoms with E-state index in [-0.39, 0.29) is 0 Å². The molecule has 0 amide bonds. The van der Waals surface area contributed by atoms with Gasteiger partial charge >= 0.3 is 0 Å². The van der Waals surface area contributed by atoms with Crippen molar-refractivity contribution in [2.45, 2.75) is 131 Å². The van der Waals surface area contributed by atoms with Gasteiger partial charge < -0.3 is 14.0 Å². The Morgan fingerprint density at radius 1 is 0.452 bits per heavy atom. The third-order valence-corrected chi connectivity index (χ3v) is 9.55. The fourth-order valence-corrected chi connectivity index (χ4v) is 6.70.